The Kier molecular flexibility index (Phi) is 5.75. The lowest BCUT2D eigenvalue weighted by molar-refractivity contribution is 0.510. The minimum absolute atomic E-state index is 0.286. The van der Waals surface area contributed by atoms with Crippen LogP contribution in [0.1, 0.15) is 23.9 Å². The van der Waals surface area contributed by atoms with Crippen molar-refractivity contribution in [2.45, 2.75) is 25.2 Å². The molecule has 0 N–H and O–H groups in total. The van der Waals surface area contributed by atoms with E-state index in [1.54, 1.807) is 0 Å². The fourth-order valence-corrected chi connectivity index (χ4v) is 3.64. The number of hydrogen-bond donors (Lipinski definition) is 0. The third-order valence-corrected chi connectivity index (χ3v) is 5.37. The van der Waals surface area contributed by atoms with Crippen LogP contribution in [-0.4, -0.2) is 21.5 Å². The minimum atomic E-state index is -0.286. The molecular weight excluding hydrogens is 371 g/mol. The molecule has 0 aliphatic carbocycles. The van der Waals surface area contributed by atoms with Crippen molar-refractivity contribution in [3.05, 3.63) is 51.8 Å². The van der Waals surface area contributed by atoms with Crippen LogP contribution < -0.4 is 0 Å². The van der Waals surface area contributed by atoms with Crippen molar-refractivity contribution in [3.8, 4) is 0 Å². The van der Waals surface area contributed by atoms with E-state index in [1.165, 1.54) is 0 Å². The van der Waals surface area contributed by atoms with Gasteiger partial charge in [-0.15, -0.1) is 23.2 Å². The standard InChI is InChI=1S/C16H19BrCl2N2/c1-3-14-8-15(21(2)20-14)9-16(10-18,11-19)12-5-4-6-13(17)7-12/h4-8H,3,9-11H2,1-2H3. The zero-order chi connectivity index (χ0) is 15.5. The summed E-state index contributed by atoms with van der Waals surface area (Å²) in [7, 11) is 1.97. The zero-order valence-electron chi connectivity index (χ0n) is 12.2. The zero-order valence-corrected chi connectivity index (χ0v) is 15.3. The van der Waals surface area contributed by atoms with Gasteiger partial charge in [0.05, 0.1) is 5.69 Å². The first-order chi connectivity index (χ1) is 10.0. The SMILES string of the molecule is CCc1cc(CC(CCl)(CCl)c2cccc(Br)c2)n(C)n1. The Balaban J connectivity index is 2.40. The predicted molar refractivity (Wildman–Crippen MR) is 93.6 cm³/mol. The van der Waals surface area contributed by atoms with Crippen LogP contribution in [-0.2, 0) is 25.3 Å². The van der Waals surface area contributed by atoms with Gasteiger partial charge in [-0.1, -0.05) is 35.0 Å². The van der Waals surface area contributed by atoms with Gasteiger partial charge in [-0.05, 0) is 30.2 Å². The van der Waals surface area contributed by atoms with Crippen LogP contribution in [0.25, 0.3) is 0 Å². The Morgan fingerprint density at radius 2 is 1.95 bits per heavy atom. The molecule has 0 aliphatic rings. The number of benzene rings is 1. The summed E-state index contributed by atoms with van der Waals surface area (Å²) < 4.78 is 2.98. The quantitative estimate of drug-likeness (QED) is 0.654. The monoisotopic (exact) mass is 388 g/mol. The van der Waals surface area contributed by atoms with Gasteiger partial charge >= 0.3 is 0 Å². The highest BCUT2D eigenvalue weighted by molar-refractivity contribution is 9.10. The van der Waals surface area contributed by atoms with E-state index < -0.39 is 0 Å². The number of aryl methyl sites for hydroxylation is 2. The molecule has 21 heavy (non-hydrogen) atoms. The smallest absolute Gasteiger partial charge is 0.0624 e. The summed E-state index contributed by atoms with van der Waals surface area (Å²) in [5, 5.41) is 4.51. The second-order valence-electron chi connectivity index (χ2n) is 5.34. The number of hydrogen-bond acceptors (Lipinski definition) is 1. The van der Waals surface area contributed by atoms with Crippen LogP contribution >= 0.6 is 39.1 Å². The second kappa shape index (κ2) is 7.17. The second-order valence-corrected chi connectivity index (χ2v) is 6.79. The molecule has 0 radical (unpaired) electrons. The van der Waals surface area contributed by atoms with E-state index in [1.807, 2.05) is 23.9 Å². The van der Waals surface area contributed by atoms with Crippen LogP contribution in [0.3, 0.4) is 0 Å². The van der Waals surface area contributed by atoms with Crippen LogP contribution in [0.5, 0.6) is 0 Å². The summed E-state index contributed by atoms with van der Waals surface area (Å²) in [5.74, 6) is 0.944. The molecule has 1 heterocycles. The lowest BCUT2D eigenvalue weighted by atomic mass is 9.80. The summed E-state index contributed by atoms with van der Waals surface area (Å²) in [5.41, 5.74) is 3.13. The molecule has 2 aromatic rings. The number of halogens is 3. The van der Waals surface area contributed by atoms with Gasteiger partial charge in [-0.25, -0.2) is 0 Å². The van der Waals surface area contributed by atoms with Crippen LogP contribution in [0.4, 0.5) is 0 Å². The van der Waals surface area contributed by atoms with Gasteiger partial charge in [-0.3, -0.25) is 4.68 Å². The van der Waals surface area contributed by atoms with E-state index in [-0.39, 0.29) is 5.41 Å². The lowest BCUT2D eigenvalue weighted by Crippen LogP contribution is -2.34. The maximum absolute atomic E-state index is 6.32. The summed E-state index contributed by atoms with van der Waals surface area (Å²) in [6.45, 7) is 2.11. The van der Waals surface area contributed by atoms with Crippen molar-refractivity contribution in [3.63, 3.8) is 0 Å². The first-order valence-electron chi connectivity index (χ1n) is 6.94. The van der Waals surface area contributed by atoms with Gasteiger partial charge in [0.15, 0.2) is 0 Å². The topological polar surface area (TPSA) is 17.8 Å². The van der Waals surface area contributed by atoms with Crippen LogP contribution in [0, 0.1) is 0 Å². The largest absolute Gasteiger partial charge is 0.272 e. The van der Waals surface area contributed by atoms with Crippen molar-refractivity contribution >= 4 is 39.1 Å². The van der Waals surface area contributed by atoms with Gasteiger partial charge in [0.2, 0.25) is 0 Å². The molecule has 0 bridgehead atoms. The Hall–Kier alpha value is -0.510. The van der Waals surface area contributed by atoms with Crippen molar-refractivity contribution in [1.29, 1.82) is 0 Å². The Labute approximate surface area is 144 Å². The maximum Gasteiger partial charge on any atom is 0.0624 e. The van der Waals surface area contributed by atoms with Gasteiger partial charge in [0.1, 0.15) is 0 Å². The van der Waals surface area contributed by atoms with E-state index in [4.69, 9.17) is 23.2 Å². The molecule has 0 unspecified atom stereocenters. The highest BCUT2D eigenvalue weighted by Gasteiger charge is 2.32. The van der Waals surface area contributed by atoms with E-state index in [2.05, 4.69) is 46.2 Å². The highest BCUT2D eigenvalue weighted by Crippen LogP contribution is 2.33. The molecular formula is C16H19BrCl2N2. The van der Waals surface area contributed by atoms with Crippen LogP contribution in [0.2, 0.25) is 0 Å². The van der Waals surface area contributed by atoms with Crippen LogP contribution in [0.15, 0.2) is 34.8 Å². The summed E-state index contributed by atoms with van der Waals surface area (Å²) >= 11 is 16.2. The number of alkyl halides is 2. The van der Waals surface area contributed by atoms with Gasteiger partial charge in [0, 0.05) is 40.8 Å². The van der Waals surface area contributed by atoms with Gasteiger partial charge < -0.3 is 0 Å². The van der Waals surface area contributed by atoms with Crippen molar-refractivity contribution < 1.29 is 0 Å². The van der Waals surface area contributed by atoms with Crippen molar-refractivity contribution in [2.24, 2.45) is 7.05 Å². The molecule has 0 saturated heterocycles. The molecule has 1 aromatic carbocycles. The summed E-state index contributed by atoms with van der Waals surface area (Å²) in [4.78, 5) is 0. The Bertz CT molecular complexity index is 606. The normalized spacial score (nSPS) is 11.9. The van der Waals surface area contributed by atoms with Crippen molar-refractivity contribution in [1.82, 2.24) is 9.78 Å². The first kappa shape index (κ1) is 16.9. The molecule has 0 amide bonds. The highest BCUT2D eigenvalue weighted by atomic mass is 79.9. The molecule has 2 rings (SSSR count). The molecule has 5 heteroatoms. The number of rotatable bonds is 6. The van der Waals surface area contributed by atoms with Gasteiger partial charge in [0.25, 0.3) is 0 Å². The number of nitrogens with zero attached hydrogens (tertiary/aromatic N) is 2. The number of aromatic nitrogens is 2. The molecule has 0 saturated carbocycles. The molecule has 1 aromatic heterocycles. The molecule has 2 nitrogen and oxygen atoms in total. The molecule has 0 atom stereocenters. The molecule has 0 spiro atoms. The minimum Gasteiger partial charge on any atom is -0.272 e. The van der Waals surface area contributed by atoms with E-state index >= 15 is 0 Å². The third kappa shape index (κ3) is 3.64. The summed E-state index contributed by atoms with van der Waals surface area (Å²) in [6.07, 6.45) is 1.71. The summed E-state index contributed by atoms with van der Waals surface area (Å²) in [6, 6.07) is 10.4. The molecule has 114 valence electrons. The van der Waals surface area contributed by atoms with Gasteiger partial charge in [-0.2, -0.15) is 5.10 Å². The fourth-order valence-electron chi connectivity index (χ4n) is 2.46. The predicted octanol–water partition coefficient (Wildman–Crippen LogP) is 4.70. The van der Waals surface area contributed by atoms with Crippen molar-refractivity contribution in [2.75, 3.05) is 11.8 Å². The van der Waals surface area contributed by atoms with E-state index in [0.717, 1.165) is 34.3 Å². The average Bonchev–Trinajstić information content (AvgIpc) is 2.85. The third-order valence-electron chi connectivity index (χ3n) is 3.86. The molecule has 0 aliphatic heterocycles. The fraction of sp³-hybridized carbons (Fsp3) is 0.438. The first-order valence-corrected chi connectivity index (χ1v) is 8.80. The Morgan fingerprint density at radius 1 is 1.24 bits per heavy atom. The lowest BCUT2D eigenvalue weighted by Gasteiger charge is -2.30. The Morgan fingerprint density at radius 3 is 2.48 bits per heavy atom. The van der Waals surface area contributed by atoms with E-state index in [0.29, 0.717) is 11.8 Å². The maximum atomic E-state index is 6.32. The van der Waals surface area contributed by atoms with E-state index in [9.17, 15) is 0 Å². The molecule has 0 fully saturated rings. The average molecular weight is 390 g/mol.